The van der Waals surface area contributed by atoms with E-state index in [-0.39, 0.29) is 6.04 Å². The van der Waals surface area contributed by atoms with Crippen LogP contribution in [0, 0.1) is 0 Å². The second kappa shape index (κ2) is 7.30. The average Bonchev–Trinajstić information content (AvgIpc) is 2.62. The summed E-state index contributed by atoms with van der Waals surface area (Å²) in [4.78, 5) is 0.798. The van der Waals surface area contributed by atoms with Gasteiger partial charge in [-0.1, -0.05) is 48.5 Å². The van der Waals surface area contributed by atoms with Crippen LogP contribution in [0.3, 0.4) is 0 Å². The van der Waals surface area contributed by atoms with Gasteiger partial charge in [0, 0.05) is 17.5 Å². The third kappa shape index (κ3) is 3.83. The van der Waals surface area contributed by atoms with E-state index in [9.17, 15) is 4.21 Å². The van der Waals surface area contributed by atoms with E-state index in [4.69, 9.17) is 4.74 Å². The largest absolute Gasteiger partial charge is 0.378 e. The number of benzene rings is 2. The molecule has 0 amide bonds. The van der Waals surface area contributed by atoms with E-state index >= 15 is 0 Å². The third-order valence-electron chi connectivity index (χ3n) is 4.27. The normalized spacial score (nSPS) is 21.7. The molecule has 2 aromatic rings. The van der Waals surface area contributed by atoms with Crippen LogP contribution in [0.15, 0.2) is 65.6 Å². The first-order chi connectivity index (χ1) is 11.2. The van der Waals surface area contributed by atoms with Gasteiger partial charge in [0.25, 0.3) is 0 Å². The Morgan fingerprint density at radius 3 is 2.43 bits per heavy atom. The molecule has 1 fully saturated rings. The zero-order chi connectivity index (χ0) is 16.1. The van der Waals surface area contributed by atoms with Gasteiger partial charge in [-0.25, -0.2) is 8.51 Å². The molecule has 122 valence electrons. The highest BCUT2D eigenvalue weighted by Gasteiger charge is 2.29. The van der Waals surface area contributed by atoms with Gasteiger partial charge in [-0.15, -0.1) is 0 Å². The monoisotopic (exact) mass is 329 g/mol. The lowest BCUT2D eigenvalue weighted by Gasteiger charge is -2.37. The molecule has 3 rings (SSSR count). The Bertz CT molecular complexity index is 714. The number of hydrogen-bond donors (Lipinski definition) is 0. The summed E-state index contributed by atoms with van der Waals surface area (Å²) in [5.74, 6) is 4.07. The predicted octanol–water partition coefficient (Wildman–Crippen LogP) is 3.01. The van der Waals surface area contributed by atoms with Gasteiger partial charge >= 0.3 is 0 Å². The standard InChI is InChI=1S/C19H23NO2S/c1-23(21,19-10-6-3-7-11-19)20-14-15-22-16-18(20)13-12-17-8-4-2-5-9-17/h2-11,18H,1,12-16H2. The molecule has 0 N–H and O–H groups in total. The molecule has 0 aliphatic carbocycles. The minimum absolute atomic E-state index is 0.133. The minimum Gasteiger partial charge on any atom is -0.378 e. The molecule has 0 spiro atoms. The Morgan fingerprint density at radius 2 is 1.74 bits per heavy atom. The maximum atomic E-state index is 13.3. The molecule has 4 heteroatoms. The van der Waals surface area contributed by atoms with Crippen molar-refractivity contribution in [2.45, 2.75) is 23.8 Å². The molecule has 23 heavy (non-hydrogen) atoms. The Hall–Kier alpha value is -1.62. The molecule has 1 aliphatic heterocycles. The summed E-state index contributed by atoms with van der Waals surface area (Å²) in [5, 5.41) is 0. The summed E-state index contributed by atoms with van der Waals surface area (Å²) in [6.07, 6.45) is 1.87. The van der Waals surface area contributed by atoms with Crippen molar-refractivity contribution in [2.24, 2.45) is 0 Å². The Balaban J connectivity index is 1.76. The summed E-state index contributed by atoms with van der Waals surface area (Å²) in [6.45, 7) is 1.89. The van der Waals surface area contributed by atoms with Gasteiger partial charge in [0.2, 0.25) is 0 Å². The van der Waals surface area contributed by atoms with E-state index in [2.05, 4.69) is 34.4 Å². The fourth-order valence-corrected chi connectivity index (χ4v) is 4.87. The van der Waals surface area contributed by atoms with Crippen molar-refractivity contribution in [3.05, 3.63) is 66.2 Å². The van der Waals surface area contributed by atoms with Gasteiger partial charge in [0.15, 0.2) is 0 Å². The van der Waals surface area contributed by atoms with E-state index in [1.54, 1.807) is 0 Å². The number of hydrogen-bond acceptors (Lipinski definition) is 2. The second-order valence-corrected chi connectivity index (χ2v) is 8.07. The van der Waals surface area contributed by atoms with Crippen LogP contribution in [-0.2, 0) is 20.9 Å². The first kappa shape index (κ1) is 16.2. The molecule has 0 bridgehead atoms. The van der Waals surface area contributed by atoms with E-state index in [1.807, 2.05) is 36.4 Å². The quantitative estimate of drug-likeness (QED) is 0.789. The number of ether oxygens (including phenoxy) is 1. The third-order valence-corrected chi connectivity index (χ3v) is 6.52. The molecule has 2 aromatic carbocycles. The lowest BCUT2D eigenvalue weighted by Crippen LogP contribution is -2.48. The summed E-state index contributed by atoms with van der Waals surface area (Å²) < 4.78 is 21.0. The lowest BCUT2D eigenvalue weighted by molar-refractivity contribution is 0.0318. The molecule has 3 nitrogen and oxygen atoms in total. The van der Waals surface area contributed by atoms with Crippen LogP contribution in [0.2, 0.25) is 0 Å². The van der Waals surface area contributed by atoms with Gasteiger partial charge in [-0.3, -0.25) is 0 Å². The van der Waals surface area contributed by atoms with Crippen LogP contribution in [0.25, 0.3) is 0 Å². The molecule has 1 saturated heterocycles. The predicted molar refractivity (Wildman–Crippen MR) is 96.0 cm³/mol. The maximum Gasteiger partial charge on any atom is 0.0632 e. The number of nitrogens with zero attached hydrogens (tertiary/aromatic N) is 1. The molecule has 0 aromatic heterocycles. The van der Waals surface area contributed by atoms with Crippen LogP contribution < -0.4 is 0 Å². The maximum absolute atomic E-state index is 13.3. The molecular weight excluding hydrogens is 306 g/mol. The van der Waals surface area contributed by atoms with E-state index in [0.717, 1.165) is 17.7 Å². The van der Waals surface area contributed by atoms with Crippen molar-refractivity contribution < 1.29 is 8.95 Å². The first-order valence-electron chi connectivity index (χ1n) is 7.99. The molecule has 2 unspecified atom stereocenters. The molecule has 1 aliphatic rings. The molecule has 0 radical (unpaired) electrons. The van der Waals surface area contributed by atoms with E-state index < -0.39 is 9.71 Å². The summed E-state index contributed by atoms with van der Waals surface area (Å²) >= 11 is 0. The van der Waals surface area contributed by atoms with Crippen molar-refractivity contribution in [1.29, 1.82) is 0 Å². The van der Waals surface area contributed by atoms with Crippen LogP contribution in [0.5, 0.6) is 0 Å². The van der Waals surface area contributed by atoms with E-state index in [1.165, 1.54) is 5.56 Å². The number of rotatable bonds is 5. The SMILES string of the molecule is C=S(=O)(c1ccccc1)N1CCOCC1CCc1ccccc1. The minimum atomic E-state index is -2.46. The van der Waals surface area contributed by atoms with Crippen molar-refractivity contribution in [3.8, 4) is 0 Å². The van der Waals surface area contributed by atoms with Crippen LogP contribution in [-0.4, -0.2) is 40.2 Å². The smallest absolute Gasteiger partial charge is 0.0632 e. The van der Waals surface area contributed by atoms with Crippen LogP contribution in [0.4, 0.5) is 0 Å². The van der Waals surface area contributed by atoms with Crippen molar-refractivity contribution >= 4 is 15.6 Å². The molecular formula is C19H23NO2S. The van der Waals surface area contributed by atoms with E-state index in [0.29, 0.717) is 19.8 Å². The van der Waals surface area contributed by atoms with Gasteiger partial charge in [0.1, 0.15) is 0 Å². The van der Waals surface area contributed by atoms with Crippen LogP contribution in [0.1, 0.15) is 12.0 Å². The van der Waals surface area contributed by atoms with Gasteiger partial charge in [-0.2, -0.15) is 0 Å². The topological polar surface area (TPSA) is 29.5 Å². The first-order valence-corrected chi connectivity index (χ1v) is 9.67. The van der Waals surface area contributed by atoms with Crippen LogP contribution >= 0.6 is 0 Å². The van der Waals surface area contributed by atoms with Gasteiger partial charge in [0.05, 0.1) is 22.9 Å². The van der Waals surface area contributed by atoms with Crippen molar-refractivity contribution in [3.63, 3.8) is 0 Å². The highest BCUT2D eigenvalue weighted by Crippen LogP contribution is 2.23. The summed E-state index contributed by atoms with van der Waals surface area (Å²) in [5.41, 5.74) is 1.30. The van der Waals surface area contributed by atoms with Crippen molar-refractivity contribution in [1.82, 2.24) is 4.31 Å². The van der Waals surface area contributed by atoms with Gasteiger partial charge < -0.3 is 4.74 Å². The number of morpholine rings is 1. The van der Waals surface area contributed by atoms with Crippen molar-refractivity contribution in [2.75, 3.05) is 19.8 Å². The lowest BCUT2D eigenvalue weighted by atomic mass is 10.1. The molecule has 2 atom stereocenters. The van der Waals surface area contributed by atoms with Gasteiger partial charge in [-0.05, 0) is 36.4 Å². The Kier molecular flexibility index (Phi) is 5.16. The summed E-state index contributed by atoms with van der Waals surface area (Å²) in [7, 11) is -2.46. The zero-order valence-corrected chi connectivity index (χ0v) is 14.1. The number of aryl methyl sites for hydroxylation is 1. The zero-order valence-electron chi connectivity index (χ0n) is 13.3. The molecule has 0 saturated carbocycles. The second-order valence-electron chi connectivity index (χ2n) is 5.85. The fraction of sp³-hybridized carbons (Fsp3) is 0.316. The average molecular weight is 329 g/mol. The Labute approximate surface area is 139 Å². The highest BCUT2D eigenvalue weighted by molar-refractivity contribution is 7.98. The summed E-state index contributed by atoms with van der Waals surface area (Å²) in [6, 6.07) is 20.1. The molecule has 1 heterocycles. The fourth-order valence-electron chi connectivity index (χ4n) is 3.00. The Morgan fingerprint density at radius 1 is 1.09 bits per heavy atom. The highest BCUT2D eigenvalue weighted by atomic mass is 32.2.